The van der Waals surface area contributed by atoms with Gasteiger partial charge in [0.15, 0.2) is 0 Å². The number of halogens is 2. The number of hydrogen-bond acceptors (Lipinski definition) is 3. The van der Waals surface area contributed by atoms with Crippen LogP contribution in [0.3, 0.4) is 0 Å². The lowest BCUT2D eigenvalue weighted by Crippen LogP contribution is -1.85. The molecule has 0 radical (unpaired) electrons. The second-order valence-corrected chi connectivity index (χ2v) is 5.61. The van der Waals surface area contributed by atoms with Gasteiger partial charge in [-0.25, -0.2) is 4.98 Å². The number of benzene rings is 1. The fourth-order valence-electron chi connectivity index (χ4n) is 1.28. The standard InChI is InChI=1S/C12H9BrClNOS/c13-9-2-1-5-15-12(9)17-11-4-3-8(7-16)6-10(11)14/h1-6,16H,7H2. The monoisotopic (exact) mass is 329 g/mol. The van der Waals surface area contributed by atoms with Crippen molar-refractivity contribution < 1.29 is 5.11 Å². The van der Waals surface area contributed by atoms with Gasteiger partial charge >= 0.3 is 0 Å². The summed E-state index contributed by atoms with van der Waals surface area (Å²) in [5, 5.41) is 10.5. The molecular formula is C12H9BrClNOS. The highest BCUT2D eigenvalue weighted by Crippen LogP contribution is 2.35. The third kappa shape index (κ3) is 3.22. The van der Waals surface area contributed by atoms with E-state index in [0.717, 1.165) is 20.0 Å². The minimum atomic E-state index is -0.00204. The summed E-state index contributed by atoms with van der Waals surface area (Å²) < 4.78 is 0.937. The maximum absolute atomic E-state index is 9.00. The molecule has 2 rings (SSSR count). The molecule has 0 amide bonds. The van der Waals surface area contributed by atoms with Gasteiger partial charge in [0.05, 0.1) is 16.1 Å². The minimum Gasteiger partial charge on any atom is -0.392 e. The Morgan fingerprint density at radius 3 is 2.82 bits per heavy atom. The van der Waals surface area contributed by atoms with Gasteiger partial charge in [-0.15, -0.1) is 0 Å². The molecule has 0 saturated carbocycles. The van der Waals surface area contributed by atoms with Gasteiger partial charge in [-0.1, -0.05) is 29.4 Å². The maximum atomic E-state index is 9.00. The molecule has 2 nitrogen and oxygen atoms in total. The Bertz CT molecular complexity index is 536. The van der Waals surface area contributed by atoms with E-state index in [1.54, 1.807) is 12.3 Å². The summed E-state index contributed by atoms with van der Waals surface area (Å²) in [6.07, 6.45) is 1.74. The van der Waals surface area contributed by atoms with Crippen molar-refractivity contribution in [1.29, 1.82) is 0 Å². The van der Waals surface area contributed by atoms with Crippen LogP contribution in [0.15, 0.2) is 50.9 Å². The summed E-state index contributed by atoms with van der Waals surface area (Å²) >= 11 is 11.1. The molecule has 0 bridgehead atoms. The molecule has 17 heavy (non-hydrogen) atoms. The normalized spacial score (nSPS) is 10.5. The number of hydrogen-bond donors (Lipinski definition) is 1. The van der Waals surface area contributed by atoms with Crippen molar-refractivity contribution in [3.8, 4) is 0 Å². The van der Waals surface area contributed by atoms with Crippen LogP contribution in [0.5, 0.6) is 0 Å². The Balaban J connectivity index is 2.28. The second kappa shape index (κ2) is 5.87. The first kappa shape index (κ1) is 12.9. The Hall–Kier alpha value is -0.550. The van der Waals surface area contributed by atoms with E-state index in [1.165, 1.54) is 11.8 Å². The summed E-state index contributed by atoms with van der Waals surface area (Å²) in [5.74, 6) is 0. The molecular weight excluding hydrogens is 322 g/mol. The van der Waals surface area contributed by atoms with Crippen LogP contribution in [-0.2, 0) is 6.61 Å². The zero-order valence-corrected chi connectivity index (χ0v) is 11.9. The van der Waals surface area contributed by atoms with Crippen molar-refractivity contribution in [3.63, 3.8) is 0 Å². The summed E-state index contributed by atoms with van der Waals surface area (Å²) in [7, 11) is 0. The molecule has 88 valence electrons. The molecule has 1 aromatic carbocycles. The Morgan fingerprint density at radius 2 is 2.18 bits per heavy atom. The molecule has 0 aliphatic heterocycles. The number of nitrogens with zero attached hydrogens (tertiary/aromatic N) is 1. The third-order valence-corrected chi connectivity index (χ3v) is 4.53. The topological polar surface area (TPSA) is 33.1 Å². The molecule has 0 aliphatic rings. The van der Waals surface area contributed by atoms with Crippen LogP contribution in [0.4, 0.5) is 0 Å². The van der Waals surface area contributed by atoms with Crippen LogP contribution >= 0.6 is 39.3 Å². The highest BCUT2D eigenvalue weighted by molar-refractivity contribution is 9.10. The molecule has 0 saturated heterocycles. The van der Waals surface area contributed by atoms with Gasteiger partial charge in [-0.3, -0.25) is 0 Å². The zero-order chi connectivity index (χ0) is 12.3. The first-order valence-electron chi connectivity index (χ1n) is 4.88. The first-order chi connectivity index (χ1) is 8.20. The fourth-order valence-corrected chi connectivity index (χ4v) is 2.87. The number of aliphatic hydroxyl groups excluding tert-OH is 1. The largest absolute Gasteiger partial charge is 0.392 e. The Kier molecular flexibility index (Phi) is 4.45. The molecule has 0 unspecified atom stereocenters. The minimum absolute atomic E-state index is 0.00204. The predicted molar refractivity (Wildman–Crippen MR) is 73.4 cm³/mol. The Labute approximate surface area is 117 Å². The van der Waals surface area contributed by atoms with E-state index in [1.807, 2.05) is 24.3 Å². The molecule has 2 aromatic rings. The van der Waals surface area contributed by atoms with E-state index in [-0.39, 0.29) is 6.61 Å². The van der Waals surface area contributed by atoms with Gasteiger partial charge in [-0.2, -0.15) is 0 Å². The van der Waals surface area contributed by atoms with Crippen molar-refractivity contribution in [2.45, 2.75) is 16.5 Å². The van der Waals surface area contributed by atoms with Crippen LogP contribution < -0.4 is 0 Å². The first-order valence-corrected chi connectivity index (χ1v) is 6.87. The van der Waals surface area contributed by atoms with Gasteiger partial charge in [0.2, 0.25) is 0 Å². The third-order valence-electron chi connectivity index (χ3n) is 2.11. The number of rotatable bonds is 3. The fraction of sp³-hybridized carbons (Fsp3) is 0.0833. The Morgan fingerprint density at radius 1 is 1.35 bits per heavy atom. The lowest BCUT2D eigenvalue weighted by atomic mass is 10.2. The van der Waals surface area contributed by atoms with Crippen molar-refractivity contribution >= 4 is 39.3 Å². The average Bonchev–Trinajstić information content (AvgIpc) is 2.34. The van der Waals surface area contributed by atoms with Gasteiger partial charge in [0.1, 0.15) is 5.03 Å². The average molecular weight is 331 g/mol. The molecule has 1 N–H and O–H groups in total. The van der Waals surface area contributed by atoms with E-state index in [0.29, 0.717) is 5.02 Å². The van der Waals surface area contributed by atoms with Crippen molar-refractivity contribution in [2.24, 2.45) is 0 Å². The van der Waals surface area contributed by atoms with Gasteiger partial charge < -0.3 is 5.11 Å². The van der Waals surface area contributed by atoms with E-state index in [9.17, 15) is 0 Å². The summed E-state index contributed by atoms with van der Waals surface area (Å²) in [6, 6.07) is 9.31. The van der Waals surface area contributed by atoms with Crippen molar-refractivity contribution in [3.05, 3.63) is 51.6 Å². The van der Waals surface area contributed by atoms with E-state index < -0.39 is 0 Å². The van der Waals surface area contributed by atoms with E-state index >= 15 is 0 Å². The number of aliphatic hydroxyl groups is 1. The van der Waals surface area contributed by atoms with Gasteiger partial charge in [-0.05, 0) is 45.8 Å². The lowest BCUT2D eigenvalue weighted by Gasteiger charge is -2.06. The number of pyridine rings is 1. The summed E-state index contributed by atoms with van der Waals surface area (Å²) in [6.45, 7) is -0.00204. The van der Waals surface area contributed by atoms with Crippen LogP contribution in [0.1, 0.15) is 5.56 Å². The molecule has 1 heterocycles. The van der Waals surface area contributed by atoms with Gasteiger partial charge in [0.25, 0.3) is 0 Å². The second-order valence-electron chi connectivity index (χ2n) is 3.32. The van der Waals surface area contributed by atoms with Crippen LogP contribution in [0, 0.1) is 0 Å². The molecule has 5 heteroatoms. The highest BCUT2D eigenvalue weighted by Gasteiger charge is 2.07. The predicted octanol–water partition coefficient (Wildman–Crippen LogP) is 4.14. The quantitative estimate of drug-likeness (QED) is 0.918. The smallest absolute Gasteiger partial charge is 0.115 e. The van der Waals surface area contributed by atoms with Crippen molar-refractivity contribution in [2.75, 3.05) is 0 Å². The summed E-state index contributed by atoms with van der Waals surface area (Å²) in [5.41, 5.74) is 0.805. The molecule has 0 spiro atoms. The van der Waals surface area contributed by atoms with Crippen LogP contribution in [-0.4, -0.2) is 10.1 Å². The number of aromatic nitrogens is 1. The zero-order valence-electron chi connectivity index (χ0n) is 8.73. The van der Waals surface area contributed by atoms with Crippen LogP contribution in [0.2, 0.25) is 5.02 Å². The van der Waals surface area contributed by atoms with E-state index in [4.69, 9.17) is 16.7 Å². The molecule has 0 fully saturated rings. The van der Waals surface area contributed by atoms with Crippen molar-refractivity contribution in [1.82, 2.24) is 4.98 Å². The highest BCUT2D eigenvalue weighted by atomic mass is 79.9. The summed E-state index contributed by atoms with van der Waals surface area (Å²) in [4.78, 5) is 5.19. The molecule has 0 aliphatic carbocycles. The SMILES string of the molecule is OCc1ccc(Sc2ncccc2Br)c(Cl)c1. The van der Waals surface area contributed by atoms with E-state index in [2.05, 4.69) is 20.9 Å². The molecule has 0 atom stereocenters. The lowest BCUT2D eigenvalue weighted by molar-refractivity contribution is 0.282. The molecule has 1 aromatic heterocycles. The van der Waals surface area contributed by atoms with Gasteiger partial charge in [0, 0.05) is 11.1 Å². The maximum Gasteiger partial charge on any atom is 0.115 e. The van der Waals surface area contributed by atoms with Crippen LogP contribution in [0.25, 0.3) is 0 Å².